The maximum Gasteiger partial charge on any atom is 0.326 e. The van der Waals surface area contributed by atoms with Crippen molar-refractivity contribution in [2.45, 2.75) is 166 Å². The molecule has 3 rings (SSSR count). The van der Waals surface area contributed by atoms with Gasteiger partial charge >= 0.3 is 5.97 Å². The smallest absolute Gasteiger partial charge is 0.326 e. The van der Waals surface area contributed by atoms with Crippen LogP contribution in [-0.4, -0.2) is 182 Å². The molecule has 0 aromatic rings. The number of guanidine groups is 1. The lowest BCUT2D eigenvalue weighted by Crippen LogP contribution is -2.61. The average Bonchev–Trinajstić information content (AvgIpc) is 4.08. The van der Waals surface area contributed by atoms with Crippen molar-refractivity contribution < 1.29 is 58.5 Å². The van der Waals surface area contributed by atoms with Crippen molar-refractivity contribution >= 4 is 59.2 Å². The second-order valence-corrected chi connectivity index (χ2v) is 18.2. The molecular weight excluding hydrogens is 877 g/mol. The Kier molecular flexibility index (Phi) is 21.7. The van der Waals surface area contributed by atoms with Crippen LogP contribution in [0.2, 0.25) is 0 Å². The molecule has 0 radical (unpaired) electrons. The normalized spacial score (nSPS) is 21.8. The van der Waals surface area contributed by atoms with Gasteiger partial charge in [-0.25, -0.2) is 4.79 Å². The van der Waals surface area contributed by atoms with E-state index in [1.54, 1.807) is 13.8 Å². The first kappa shape index (κ1) is 55.7. The maximum absolute atomic E-state index is 14.3. The summed E-state index contributed by atoms with van der Waals surface area (Å²) in [5, 5.41) is 42.8. The van der Waals surface area contributed by atoms with Gasteiger partial charge in [0.15, 0.2) is 5.96 Å². The molecule has 0 bridgehead atoms. The van der Waals surface area contributed by atoms with Crippen molar-refractivity contribution in [3.63, 3.8) is 0 Å². The van der Waals surface area contributed by atoms with Gasteiger partial charge in [0.2, 0.25) is 47.3 Å². The van der Waals surface area contributed by atoms with E-state index in [1.807, 2.05) is 13.8 Å². The number of aliphatic hydroxyl groups excluding tert-OH is 2. The van der Waals surface area contributed by atoms with Crippen LogP contribution in [0.1, 0.15) is 106 Å². The Balaban J connectivity index is 1.69. The molecule has 0 aromatic heterocycles. The number of amides is 8. The second-order valence-electron chi connectivity index (χ2n) is 18.2. The largest absolute Gasteiger partial charge is 0.480 e. The number of nitrogens with zero attached hydrogens (tertiary/aromatic N) is 4. The summed E-state index contributed by atoms with van der Waals surface area (Å²) >= 11 is 0. The standard InChI is InChI=1S/C43H74N12O12/c1-7-23(4)33(52-34(58)28(21-56)51-37(61)31-15-11-19-55(31)41(65)32(44)25(6)57)38(62)50-27(20-22(2)3)40(64)54-18-10-13-29(54)35(59)48-24(5)39(63)53-17-9-14-30(53)36(60)49-26(42(66)67)12-8-16-47-43(45)46/h22-33,56-57H,7-21,44H2,1-6H3,(H,48,59)(H,49,60)(H,50,62)(H,51,61)(H,52,58)(H,66,67)(H4,45,46,47)/t23-,24-,25+,26-,27-,28-,29-,30-,31-,32-,33-/m0/s1. The molecule has 0 aromatic carbocycles. The van der Waals surface area contributed by atoms with Gasteiger partial charge in [-0.1, -0.05) is 34.1 Å². The summed E-state index contributed by atoms with van der Waals surface area (Å²) in [5.74, 6) is -7.38. The van der Waals surface area contributed by atoms with Crippen LogP contribution in [0.25, 0.3) is 0 Å². The first-order valence-corrected chi connectivity index (χ1v) is 23.3. The van der Waals surface area contributed by atoms with E-state index < -0.39 is 126 Å². The van der Waals surface area contributed by atoms with Gasteiger partial charge in [-0.05, 0) is 83.5 Å². The third kappa shape index (κ3) is 15.5. The summed E-state index contributed by atoms with van der Waals surface area (Å²) in [6.07, 6.45) is 1.87. The summed E-state index contributed by atoms with van der Waals surface area (Å²) in [7, 11) is 0. The fourth-order valence-electron chi connectivity index (χ4n) is 8.53. The predicted molar refractivity (Wildman–Crippen MR) is 243 cm³/mol. The number of rotatable bonds is 24. The van der Waals surface area contributed by atoms with Crippen LogP contribution in [0.5, 0.6) is 0 Å². The van der Waals surface area contributed by atoms with Gasteiger partial charge in [-0.3, -0.25) is 43.3 Å². The Bertz CT molecular complexity index is 1810. The van der Waals surface area contributed by atoms with E-state index in [2.05, 4.69) is 31.6 Å². The number of hydrogen-bond donors (Lipinski definition) is 11. The molecule has 3 aliphatic rings. The van der Waals surface area contributed by atoms with Gasteiger partial charge in [0, 0.05) is 26.2 Å². The van der Waals surface area contributed by atoms with E-state index in [0.717, 1.165) is 0 Å². The lowest BCUT2D eigenvalue weighted by molar-refractivity contribution is -0.145. The highest BCUT2D eigenvalue weighted by molar-refractivity contribution is 5.98. The van der Waals surface area contributed by atoms with Crippen LogP contribution in [0.3, 0.4) is 0 Å². The fourth-order valence-corrected chi connectivity index (χ4v) is 8.53. The molecule has 0 spiro atoms. The molecule has 0 saturated carbocycles. The number of likely N-dealkylation sites (tertiary alicyclic amines) is 3. The minimum atomic E-state index is -1.52. The topological polar surface area (TPSA) is 375 Å². The summed E-state index contributed by atoms with van der Waals surface area (Å²) < 4.78 is 0. The van der Waals surface area contributed by atoms with Gasteiger partial charge in [0.1, 0.15) is 54.4 Å². The molecule has 24 heteroatoms. The van der Waals surface area contributed by atoms with Crippen molar-refractivity contribution in [1.82, 2.24) is 41.3 Å². The van der Waals surface area contributed by atoms with Gasteiger partial charge in [-0.2, -0.15) is 0 Å². The van der Waals surface area contributed by atoms with E-state index >= 15 is 0 Å². The quantitative estimate of drug-likeness (QED) is 0.0252. The first-order chi connectivity index (χ1) is 31.5. The number of aliphatic imine (C=N–C) groups is 1. The molecule has 378 valence electrons. The second kappa shape index (κ2) is 26.1. The number of nitrogens with two attached hydrogens (primary N) is 3. The minimum Gasteiger partial charge on any atom is -0.480 e. The molecule has 11 atom stereocenters. The Morgan fingerprint density at radius 3 is 1.63 bits per heavy atom. The van der Waals surface area contributed by atoms with Crippen LogP contribution >= 0.6 is 0 Å². The maximum atomic E-state index is 14.3. The SMILES string of the molecule is CC[C@H](C)[C@H](NC(=O)[C@H](CO)NC(=O)[C@@H]1CCCN1C(=O)[C@@H](N)[C@@H](C)O)C(=O)N[C@@H](CC(C)C)C(=O)N1CCC[C@H]1C(=O)N[C@@H](C)C(=O)N1CCC[C@H]1C(=O)N[C@@H](CCCN=C(N)N)C(=O)O. The zero-order chi connectivity index (χ0) is 50.3. The van der Waals surface area contributed by atoms with Crippen LogP contribution in [0.15, 0.2) is 4.99 Å². The van der Waals surface area contributed by atoms with E-state index in [9.17, 15) is 58.5 Å². The summed E-state index contributed by atoms with van der Waals surface area (Å²) in [4.78, 5) is 129. The Hall–Kier alpha value is -5.62. The van der Waals surface area contributed by atoms with Crippen molar-refractivity contribution in [3.8, 4) is 0 Å². The molecule has 67 heavy (non-hydrogen) atoms. The molecule has 8 amide bonds. The summed E-state index contributed by atoms with van der Waals surface area (Å²) in [6, 6.07) is -10.5. The third-order valence-electron chi connectivity index (χ3n) is 12.5. The van der Waals surface area contributed by atoms with E-state index in [0.29, 0.717) is 25.7 Å². The Morgan fingerprint density at radius 2 is 1.16 bits per heavy atom. The third-order valence-corrected chi connectivity index (χ3v) is 12.5. The molecular formula is C43H74N12O12. The predicted octanol–water partition coefficient (Wildman–Crippen LogP) is -3.67. The molecule has 3 saturated heterocycles. The van der Waals surface area contributed by atoms with E-state index in [1.165, 1.54) is 28.5 Å². The first-order valence-electron chi connectivity index (χ1n) is 23.3. The van der Waals surface area contributed by atoms with Crippen LogP contribution < -0.4 is 43.8 Å². The highest BCUT2D eigenvalue weighted by Crippen LogP contribution is 2.24. The fraction of sp³-hybridized carbons (Fsp3) is 0.767. The molecule has 3 aliphatic heterocycles. The highest BCUT2D eigenvalue weighted by Gasteiger charge is 2.43. The molecule has 0 aliphatic carbocycles. The van der Waals surface area contributed by atoms with E-state index in [-0.39, 0.29) is 76.6 Å². The number of carbonyl (C=O) groups is 9. The summed E-state index contributed by atoms with van der Waals surface area (Å²) in [6.45, 7) is 9.87. The van der Waals surface area contributed by atoms with E-state index in [4.69, 9.17) is 17.2 Å². The van der Waals surface area contributed by atoms with Gasteiger partial charge in [0.05, 0.1) is 12.7 Å². The van der Waals surface area contributed by atoms with Gasteiger partial charge in [0.25, 0.3) is 0 Å². The molecule has 3 fully saturated rings. The molecule has 0 unspecified atom stereocenters. The number of hydrogen-bond acceptors (Lipinski definition) is 13. The number of aliphatic hydroxyl groups is 2. The van der Waals surface area contributed by atoms with Crippen molar-refractivity contribution in [1.29, 1.82) is 0 Å². The minimum absolute atomic E-state index is 0.0415. The number of carbonyl (C=O) groups excluding carboxylic acids is 8. The van der Waals surface area contributed by atoms with Gasteiger partial charge < -0.3 is 73.8 Å². The number of carboxylic acid groups (broad SMARTS) is 1. The highest BCUT2D eigenvalue weighted by atomic mass is 16.4. The molecule has 24 nitrogen and oxygen atoms in total. The monoisotopic (exact) mass is 951 g/mol. The van der Waals surface area contributed by atoms with Crippen LogP contribution in [-0.2, 0) is 43.2 Å². The number of aliphatic carboxylic acids is 1. The van der Waals surface area contributed by atoms with Crippen molar-refractivity contribution in [2.75, 3.05) is 32.8 Å². The molecule has 3 heterocycles. The van der Waals surface area contributed by atoms with Crippen molar-refractivity contribution in [3.05, 3.63) is 0 Å². The van der Waals surface area contributed by atoms with Crippen LogP contribution in [0.4, 0.5) is 0 Å². The summed E-state index contributed by atoms with van der Waals surface area (Å²) in [5.41, 5.74) is 16.5. The van der Waals surface area contributed by atoms with Crippen LogP contribution in [0, 0.1) is 11.8 Å². The van der Waals surface area contributed by atoms with Gasteiger partial charge in [-0.15, -0.1) is 0 Å². The Labute approximate surface area is 391 Å². The van der Waals surface area contributed by atoms with Crippen molar-refractivity contribution in [2.24, 2.45) is 34.0 Å². The Morgan fingerprint density at radius 1 is 0.672 bits per heavy atom. The zero-order valence-electron chi connectivity index (χ0n) is 39.6. The average molecular weight is 951 g/mol. The zero-order valence-corrected chi connectivity index (χ0v) is 39.6. The lowest BCUT2D eigenvalue weighted by atomic mass is 9.96. The number of carboxylic acids is 1. The molecule has 14 N–H and O–H groups in total. The lowest BCUT2D eigenvalue weighted by Gasteiger charge is -2.33. The number of nitrogens with one attached hydrogen (secondary N) is 5.